The van der Waals surface area contributed by atoms with Crippen LogP contribution in [0.5, 0.6) is 11.5 Å². The topological polar surface area (TPSA) is 103 Å². The van der Waals surface area contributed by atoms with Gasteiger partial charge in [0.25, 0.3) is 5.78 Å². The average molecular weight is 350 g/mol. The maximum absolute atomic E-state index is 12.2. The van der Waals surface area contributed by atoms with Gasteiger partial charge < -0.3 is 14.3 Å². The lowest BCUT2D eigenvalue weighted by Gasteiger charge is -2.09. The molecule has 0 radical (unpaired) electrons. The first-order chi connectivity index (χ1) is 12.6. The van der Waals surface area contributed by atoms with E-state index in [4.69, 9.17) is 9.15 Å². The lowest BCUT2D eigenvalue weighted by molar-refractivity contribution is 0.415. The van der Waals surface area contributed by atoms with Crippen LogP contribution in [-0.4, -0.2) is 31.8 Å². The van der Waals surface area contributed by atoms with E-state index in [1.807, 2.05) is 24.3 Å². The quantitative estimate of drug-likeness (QED) is 0.605. The molecule has 0 atom stereocenters. The summed E-state index contributed by atoms with van der Waals surface area (Å²) in [5.41, 5.74) is 1.04. The third-order valence-electron chi connectivity index (χ3n) is 3.95. The van der Waals surface area contributed by atoms with Crippen LogP contribution in [0, 0.1) is 6.92 Å². The van der Waals surface area contributed by atoms with Crippen molar-refractivity contribution in [3.8, 4) is 34.0 Å². The molecule has 0 bridgehead atoms. The molecule has 4 rings (SSSR count). The highest BCUT2D eigenvalue weighted by Gasteiger charge is 2.18. The highest BCUT2D eigenvalue weighted by molar-refractivity contribution is 5.73. The molecular formula is C18H14N4O4. The number of rotatable bonds is 3. The summed E-state index contributed by atoms with van der Waals surface area (Å²) < 4.78 is 11.8. The Balaban J connectivity index is 1.97. The highest BCUT2D eigenvalue weighted by Crippen LogP contribution is 2.29. The zero-order valence-electron chi connectivity index (χ0n) is 14.0. The summed E-state index contributed by atoms with van der Waals surface area (Å²) in [6.07, 6.45) is 1.37. The molecule has 26 heavy (non-hydrogen) atoms. The van der Waals surface area contributed by atoms with Gasteiger partial charge in [0, 0.05) is 11.6 Å². The number of aromatic hydroxyl groups is 1. The summed E-state index contributed by atoms with van der Waals surface area (Å²) >= 11 is 0. The van der Waals surface area contributed by atoms with Crippen LogP contribution >= 0.6 is 0 Å². The minimum Gasteiger partial charge on any atom is -0.507 e. The second-order valence-electron chi connectivity index (χ2n) is 5.63. The third kappa shape index (κ3) is 2.57. The molecule has 8 nitrogen and oxygen atoms in total. The van der Waals surface area contributed by atoms with Crippen LogP contribution in [-0.2, 0) is 0 Å². The normalized spacial score (nSPS) is 11.0. The van der Waals surface area contributed by atoms with Gasteiger partial charge >= 0.3 is 5.63 Å². The van der Waals surface area contributed by atoms with Crippen molar-refractivity contribution >= 4 is 5.78 Å². The molecule has 0 saturated carbocycles. The molecule has 4 aromatic rings. The Labute approximate surface area is 147 Å². The van der Waals surface area contributed by atoms with Crippen molar-refractivity contribution < 1.29 is 14.3 Å². The second-order valence-corrected chi connectivity index (χ2v) is 5.63. The molecule has 0 aliphatic carbocycles. The van der Waals surface area contributed by atoms with Crippen molar-refractivity contribution in [3.63, 3.8) is 0 Å². The molecule has 0 fully saturated rings. The number of hydrogen-bond acceptors (Lipinski definition) is 7. The number of aryl methyl sites for hydroxylation is 1. The number of nitrogens with zero attached hydrogens (tertiary/aromatic N) is 4. The van der Waals surface area contributed by atoms with Crippen molar-refractivity contribution in [2.24, 2.45) is 0 Å². The van der Waals surface area contributed by atoms with E-state index in [2.05, 4.69) is 15.1 Å². The molecular weight excluding hydrogens is 336 g/mol. The average Bonchev–Trinajstić information content (AvgIpc) is 3.09. The lowest BCUT2D eigenvalue weighted by Crippen LogP contribution is -2.07. The minimum atomic E-state index is -0.667. The molecule has 1 N–H and O–H groups in total. The minimum absolute atomic E-state index is 0.0177. The van der Waals surface area contributed by atoms with Crippen molar-refractivity contribution in [2.45, 2.75) is 6.92 Å². The van der Waals surface area contributed by atoms with Crippen LogP contribution in [0.25, 0.3) is 28.3 Å². The number of fused-ring (bicyclic) bond motifs is 1. The van der Waals surface area contributed by atoms with Gasteiger partial charge in [0.1, 0.15) is 29.2 Å². The molecule has 0 saturated heterocycles. The summed E-state index contributed by atoms with van der Waals surface area (Å²) in [4.78, 5) is 20.7. The largest absolute Gasteiger partial charge is 0.507 e. The molecule has 3 aromatic heterocycles. The van der Waals surface area contributed by atoms with Gasteiger partial charge in [0.05, 0.1) is 18.5 Å². The van der Waals surface area contributed by atoms with Crippen molar-refractivity contribution in [1.29, 1.82) is 0 Å². The molecule has 3 heterocycles. The molecule has 130 valence electrons. The van der Waals surface area contributed by atoms with Gasteiger partial charge in [-0.3, -0.25) is 0 Å². The number of aromatic nitrogens is 4. The van der Waals surface area contributed by atoms with Crippen LogP contribution in [0.3, 0.4) is 0 Å². The standard InChI is InChI=1S/C18H14N4O4/c1-10-7-15(23)16(17(24)26-10)13-8-14(22-18(21-13)19-9-20-22)11-3-5-12(25-2)6-4-11/h3-9,23H,1-2H3. The first-order valence-corrected chi connectivity index (χ1v) is 7.76. The van der Waals surface area contributed by atoms with Crippen LogP contribution in [0.4, 0.5) is 0 Å². The highest BCUT2D eigenvalue weighted by atomic mass is 16.5. The monoisotopic (exact) mass is 350 g/mol. The SMILES string of the molecule is COc1ccc(-c2cc(-c3c(O)cc(C)oc3=O)nc3ncnn23)cc1. The van der Waals surface area contributed by atoms with E-state index in [0.29, 0.717) is 17.2 Å². The summed E-state index contributed by atoms with van der Waals surface area (Å²) in [7, 11) is 1.59. The van der Waals surface area contributed by atoms with E-state index in [-0.39, 0.29) is 17.0 Å². The number of ether oxygens (including phenoxy) is 1. The van der Waals surface area contributed by atoms with E-state index in [9.17, 15) is 9.90 Å². The third-order valence-corrected chi connectivity index (χ3v) is 3.95. The molecule has 0 unspecified atom stereocenters. The first kappa shape index (κ1) is 15.8. The first-order valence-electron chi connectivity index (χ1n) is 7.76. The predicted octanol–water partition coefficient (Wildman–Crippen LogP) is 2.43. The van der Waals surface area contributed by atoms with Crippen LogP contribution < -0.4 is 10.4 Å². The van der Waals surface area contributed by atoms with Gasteiger partial charge in [0.2, 0.25) is 0 Å². The Morgan fingerprint density at radius 3 is 2.65 bits per heavy atom. The summed E-state index contributed by atoms with van der Waals surface area (Å²) in [5.74, 6) is 1.13. The number of methoxy groups -OCH3 is 1. The zero-order valence-corrected chi connectivity index (χ0v) is 14.0. The Morgan fingerprint density at radius 2 is 1.96 bits per heavy atom. The summed E-state index contributed by atoms with van der Waals surface area (Å²) in [6.45, 7) is 1.59. The Morgan fingerprint density at radius 1 is 1.19 bits per heavy atom. The van der Waals surface area contributed by atoms with Gasteiger partial charge in [0.15, 0.2) is 0 Å². The van der Waals surface area contributed by atoms with Crippen LogP contribution in [0.2, 0.25) is 0 Å². The van der Waals surface area contributed by atoms with Gasteiger partial charge in [-0.25, -0.2) is 9.78 Å². The van der Waals surface area contributed by atoms with Gasteiger partial charge in [-0.05, 0) is 37.3 Å². The van der Waals surface area contributed by atoms with Crippen LogP contribution in [0.1, 0.15) is 5.76 Å². The summed E-state index contributed by atoms with van der Waals surface area (Å²) in [5, 5.41) is 14.4. The van der Waals surface area contributed by atoms with Gasteiger partial charge in [-0.15, -0.1) is 0 Å². The van der Waals surface area contributed by atoms with Gasteiger partial charge in [-0.1, -0.05) is 0 Å². The second kappa shape index (κ2) is 5.99. The van der Waals surface area contributed by atoms with E-state index in [1.165, 1.54) is 12.4 Å². The molecule has 8 heteroatoms. The Hall–Kier alpha value is -3.68. The molecule has 0 aliphatic heterocycles. The molecule has 0 amide bonds. The van der Waals surface area contributed by atoms with E-state index in [1.54, 1.807) is 24.6 Å². The predicted molar refractivity (Wildman–Crippen MR) is 93.1 cm³/mol. The fourth-order valence-electron chi connectivity index (χ4n) is 2.74. The fourth-order valence-corrected chi connectivity index (χ4v) is 2.74. The maximum Gasteiger partial charge on any atom is 0.349 e. The van der Waals surface area contributed by atoms with Crippen molar-refractivity contribution in [1.82, 2.24) is 19.6 Å². The smallest absolute Gasteiger partial charge is 0.349 e. The van der Waals surface area contributed by atoms with Gasteiger partial charge in [-0.2, -0.15) is 14.6 Å². The maximum atomic E-state index is 12.2. The zero-order chi connectivity index (χ0) is 18.3. The Bertz CT molecular complexity index is 1160. The molecule has 1 aromatic carbocycles. The van der Waals surface area contributed by atoms with Crippen molar-refractivity contribution in [2.75, 3.05) is 7.11 Å². The Kier molecular flexibility index (Phi) is 3.65. The van der Waals surface area contributed by atoms with E-state index in [0.717, 1.165) is 11.3 Å². The van der Waals surface area contributed by atoms with E-state index < -0.39 is 5.63 Å². The lowest BCUT2D eigenvalue weighted by atomic mass is 10.1. The summed E-state index contributed by atoms with van der Waals surface area (Å²) in [6, 6.07) is 10.4. The van der Waals surface area contributed by atoms with Crippen molar-refractivity contribution in [3.05, 3.63) is 58.9 Å². The molecule has 0 aliphatic rings. The van der Waals surface area contributed by atoms with E-state index >= 15 is 0 Å². The number of benzene rings is 1. The number of hydrogen-bond donors (Lipinski definition) is 1. The van der Waals surface area contributed by atoms with Crippen LogP contribution in [0.15, 0.2) is 51.9 Å². The fraction of sp³-hybridized carbons (Fsp3) is 0.111. The molecule has 0 spiro atoms.